The molecule has 32 heavy (non-hydrogen) atoms. The number of amides is 1. The van der Waals surface area contributed by atoms with Gasteiger partial charge >= 0.3 is 0 Å². The maximum absolute atomic E-state index is 12.5. The van der Waals surface area contributed by atoms with Crippen molar-refractivity contribution in [3.63, 3.8) is 0 Å². The molecule has 0 radical (unpaired) electrons. The van der Waals surface area contributed by atoms with E-state index < -0.39 is 0 Å². The molecule has 0 saturated carbocycles. The third-order valence-corrected chi connectivity index (χ3v) is 6.25. The number of aromatic nitrogens is 2. The van der Waals surface area contributed by atoms with E-state index in [-0.39, 0.29) is 11.7 Å². The van der Waals surface area contributed by atoms with Crippen LogP contribution in [0.4, 0.5) is 5.69 Å². The maximum atomic E-state index is 12.5. The van der Waals surface area contributed by atoms with E-state index in [0.29, 0.717) is 23.1 Å². The summed E-state index contributed by atoms with van der Waals surface area (Å²) in [6.07, 6.45) is 0.648. The van der Waals surface area contributed by atoms with E-state index >= 15 is 0 Å². The third-order valence-electron chi connectivity index (χ3n) is 4.98. The quantitative estimate of drug-likeness (QED) is 0.249. The number of hydrogen-bond acceptors (Lipinski definition) is 5. The van der Waals surface area contributed by atoms with Gasteiger partial charge in [-0.25, -0.2) is 4.98 Å². The van der Waals surface area contributed by atoms with Gasteiger partial charge in [-0.15, -0.1) is 0 Å². The van der Waals surface area contributed by atoms with Crippen molar-refractivity contribution >= 4 is 35.0 Å². The molecule has 0 bridgehead atoms. The van der Waals surface area contributed by atoms with Gasteiger partial charge in [0.25, 0.3) is 0 Å². The van der Waals surface area contributed by atoms with Gasteiger partial charge in [-0.05, 0) is 48.0 Å². The predicted octanol–water partition coefficient (Wildman–Crippen LogP) is 6.22. The first-order valence-corrected chi connectivity index (χ1v) is 11.4. The van der Waals surface area contributed by atoms with Crippen LogP contribution < -0.4 is 10.1 Å². The number of carbonyl (C=O) groups is 1. The Kier molecular flexibility index (Phi) is 5.79. The number of fused-ring (bicyclic) bond motifs is 2. The van der Waals surface area contributed by atoms with Crippen LogP contribution in [0.25, 0.3) is 11.4 Å². The van der Waals surface area contributed by atoms with Crippen LogP contribution in [0.3, 0.4) is 0 Å². The molecule has 1 aliphatic rings. The minimum Gasteiger partial charge on any atom is -0.438 e. The van der Waals surface area contributed by atoms with Crippen LogP contribution in [0, 0.1) is 0 Å². The van der Waals surface area contributed by atoms with E-state index in [0.717, 1.165) is 33.2 Å². The Labute approximate surface area is 194 Å². The van der Waals surface area contributed by atoms with Gasteiger partial charge in [0.1, 0.15) is 10.8 Å². The number of benzene rings is 3. The Morgan fingerprint density at radius 2 is 1.72 bits per heavy atom. The van der Waals surface area contributed by atoms with Crippen LogP contribution in [0.5, 0.6) is 11.6 Å². The van der Waals surface area contributed by atoms with Gasteiger partial charge in [0.05, 0.1) is 11.3 Å². The first-order valence-electron chi connectivity index (χ1n) is 10.1. The van der Waals surface area contributed by atoms with Crippen molar-refractivity contribution in [2.45, 2.75) is 11.4 Å². The summed E-state index contributed by atoms with van der Waals surface area (Å²) in [5.41, 5.74) is 3.55. The van der Waals surface area contributed by atoms with Crippen molar-refractivity contribution < 1.29 is 9.53 Å². The molecule has 1 aliphatic heterocycles. The molecule has 158 valence electrons. The summed E-state index contributed by atoms with van der Waals surface area (Å²) in [6, 6.07) is 24.6. The average Bonchev–Trinajstić information content (AvgIpc) is 2.82. The van der Waals surface area contributed by atoms with Gasteiger partial charge in [0.15, 0.2) is 5.82 Å². The molecule has 1 N–H and O–H groups in total. The summed E-state index contributed by atoms with van der Waals surface area (Å²) < 4.78 is 6.12. The number of para-hydroxylation sites is 2. The first kappa shape index (κ1) is 20.5. The Bertz CT molecular complexity index is 1280. The summed E-state index contributed by atoms with van der Waals surface area (Å²) in [7, 11) is 0. The Balaban J connectivity index is 1.45. The second-order valence-electron chi connectivity index (χ2n) is 7.23. The van der Waals surface area contributed by atoms with Gasteiger partial charge in [-0.1, -0.05) is 59.8 Å². The van der Waals surface area contributed by atoms with Crippen LogP contribution in [-0.2, 0) is 11.2 Å². The number of ether oxygens (including phenoxy) is 1. The molecular formula is C25H18ClN3O2S. The molecule has 5 nitrogen and oxygen atoms in total. The number of carbonyl (C=O) groups excluding carboxylic acids is 1. The predicted molar refractivity (Wildman–Crippen MR) is 128 cm³/mol. The zero-order valence-corrected chi connectivity index (χ0v) is 18.5. The lowest BCUT2D eigenvalue weighted by Gasteiger charge is -2.21. The third kappa shape index (κ3) is 4.47. The minimum atomic E-state index is -0.0984. The highest BCUT2D eigenvalue weighted by Crippen LogP contribution is 2.40. The second kappa shape index (κ2) is 9.02. The molecule has 7 heteroatoms. The van der Waals surface area contributed by atoms with E-state index in [1.807, 2.05) is 66.7 Å². The zero-order chi connectivity index (χ0) is 21.9. The molecule has 0 atom stereocenters. The molecule has 4 aromatic rings. The van der Waals surface area contributed by atoms with Crippen molar-refractivity contribution in [2.24, 2.45) is 0 Å². The summed E-state index contributed by atoms with van der Waals surface area (Å²) >= 11 is 7.42. The van der Waals surface area contributed by atoms with Gasteiger partial charge in [0.2, 0.25) is 11.8 Å². The molecule has 0 spiro atoms. The number of anilines is 1. The van der Waals surface area contributed by atoms with Gasteiger partial charge in [-0.2, -0.15) is 4.98 Å². The fraction of sp³-hybridized carbons (Fsp3) is 0.0800. The zero-order valence-electron chi connectivity index (χ0n) is 16.9. The standard InChI is InChI=1S/C25H18ClN3O2S/c26-18-12-10-16(11-13-18)23-28-24-20(14-17-6-4-5-9-21(17)31-24)25(29-23)32-15-22(30)27-19-7-2-1-3-8-19/h1-13H,14-15H2,(H,27,30). The van der Waals surface area contributed by atoms with Crippen molar-refractivity contribution in [1.29, 1.82) is 0 Å². The van der Waals surface area contributed by atoms with Crippen molar-refractivity contribution in [3.8, 4) is 23.0 Å². The van der Waals surface area contributed by atoms with Gasteiger partial charge in [-0.3, -0.25) is 4.79 Å². The topological polar surface area (TPSA) is 64.1 Å². The molecule has 0 aliphatic carbocycles. The number of thioether (sulfide) groups is 1. The molecule has 2 heterocycles. The lowest BCUT2D eigenvalue weighted by molar-refractivity contribution is -0.113. The maximum Gasteiger partial charge on any atom is 0.234 e. The van der Waals surface area contributed by atoms with E-state index in [1.165, 1.54) is 11.8 Å². The van der Waals surface area contributed by atoms with Gasteiger partial charge < -0.3 is 10.1 Å². The molecule has 0 unspecified atom stereocenters. The lowest BCUT2D eigenvalue weighted by Crippen LogP contribution is -2.15. The number of rotatable bonds is 5. The Morgan fingerprint density at radius 1 is 0.969 bits per heavy atom. The molecule has 1 aromatic heterocycles. The van der Waals surface area contributed by atoms with Crippen molar-refractivity contribution in [2.75, 3.05) is 11.1 Å². The highest BCUT2D eigenvalue weighted by molar-refractivity contribution is 8.00. The highest BCUT2D eigenvalue weighted by Gasteiger charge is 2.24. The van der Waals surface area contributed by atoms with Crippen molar-refractivity contribution in [3.05, 3.63) is 95.0 Å². The summed E-state index contributed by atoms with van der Waals surface area (Å²) in [6.45, 7) is 0. The Morgan fingerprint density at radius 3 is 2.53 bits per heavy atom. The molecule has 0 saturated heterocycles. The fourth-order valence-corrected chi connectivity index (χ4v) is 4.37. The SMILES string of the molecule is O=C(CSc1nc(-c2ccc(Cl)cc2)nc2c1Cc1ccccc1O2)Nc1ccccc1. The summed E-state index contributed by atoms with van der Waals surface area (Å²) in [5, 5.41) is 4.29. The smallest absolute Gasteiger partial charge is 0.234 e. The monoisotopic (exact) mass is 459 g/mol. The normalized spacial score (nSPS) is 11.8. The highest BCUT2D eigenvalue weighted by atomic mass is 35.5. The van der Waals surface area contributed by atoms with E-state index in [1.54, 1.807) is 12.1 Å². The molecular weight excluding hydrogens is 442 g/mol. The number of nitrogens with zero attached hydrogens (tertiary/aromatic N) is 2. The minimum absolute atomic E-state index is 0.0984. The molecule has 5 rings (SSSR count). The second-order valence-corrected chi connectivity index (χ2v) is 8.63. The van der Waals surface area contributed by atoms with Gasteiger partial charge in [0, 0.05) is 22.7 Å². The van der Waals surface area contributed by atoms with Crippen LogP contribution in [0.2, 0.25) is 5.02 Å². The van der Waals surface area contributed by atoms with Crippen LogP contribution in [0.1, 0.15) is 11.1 Å². The van der Waals surface area contributed by atoms with E-state index in [2.05, 4.69) is 10.3 Å². The summed E-state index contributed by atoms with van der Waals surface area (Å²) in [5.74, 6) is 1.97. The van der Waals surface area contributed by atoms with Crippen molar-refractivity contribution in [1.82, 2.24) is 9.97 Å². The average molecular weight is 460 g/mol. The van der Waals surface area contributed by atoms with Crippen LogP contribution in [0.15, 0.2) is 83.9 Å². The Hall–Kier alpha value is -3.35. The van der Waals surface area contributed by atoms with E-state index in [9.17, 15) is 4.79 Å². The largest absolute Gasteiger partial charge is 0.438 e. The van der Waals surface area contributed by atoms with Crippen LogP contribution >= 0.6 is 23.4 Å². The number of hydrogen-bond donors (Lipinski definition) is 1. The fourth-order valence-electron chi connectivity index (χ4n) is 3.42. The molecule has 3 aromatic carbocycles. The number of nitrogens with one attached hydrogen (secondary N) is 1. The molecule has 0 fully saturated rings. The number of halogens is 1. The first-order chi connectivity index (χ1) is 15.7. The summed E-state index contributed by atoms with van der Waals surface area (Å²) in [4.78, 5) is 22.0. The molecule has 1 amide bonds. The van der Waals surface area contributed by atoms with Crippen LogP contribution in [-0.4, -0.2) is 21.6 Å². The van der Waals surface area contributed by atoms with E-state index in [4.69, 9.17) is 21.3 Å². The lowest BCUT2D eigenvalue weighted by atomic mass is 10.0.